The van der Waals surface area contributed by atoms with Crippen LogP contribution in [0, 0.1) is 16.0 Å². The summed E-state index contributed by atoms with van der Waals surface area (Å²) in [4.78, 5) is 26.1. The third-order valence-corrected chi connectivity index (χ3v) is 6.52. The normalized spacial score (nSPS) is 15.5. The van der Waals surface area contributed by atoms with Gasteiger partial charge in [0, 0.05) is 37.7 Å². The molecule has 6 nitrogen and oxygen atoms in total. The number of amides is 1. The van der Waals surface area contributed by atoms with Crippen LogP contribution < -0.4 is 10.2 Å². The Morgan fingerprint density at radius 2 is 1.94 bits per heavy atom. The molecule has 1 amide bonds. The van der Waals surface area contributed by atoms with Gasteiger partial charge in [0.2, 0.25) is 0 Å². The van der Waals surface area contributed by atoms with Crippen molar-refractivity contribution in [3.05, 3.63) is 69.3 Å². The molecule has 1 atom stereocenters. The monoisotopic (exact) mass is 423 g/mol. The Bertz CT molecular complexity index is 920. The second-order valence-electron chi connectivity index (χ2n) is 8.47. The molecule has 0 saturated carbocycles. The summed E-state index contributed by atoms with van der Waals surface area (Å²) < 4.78 is 0. The summed E-state index contributed by atoms with van der Waals surface area (Å²) in [6.45, 7) is 5.93. The number of nitrogens with zero attached hydrogens (tertiary/aromatic N) is 2. The number of carbonyl (C=O) groups excluding carboxylic acids is 1. The third-order valence-electron chi connectivity index (χ3n) is 6.52. The van der Waals surface area contributed by atoms with Crippen molar-refractivity contribution < 1.29 is 9.72 Å². The van der Waals surface area contributed by atoms with Gasteiger partial charge in [-0.3, -0.25) is 14.9 Å². The molecule has 0 bridgehead atoms. The zero-order valence-corrected chi connectivity index (χ0v) is 18.8. The molecule has 1 N–H and O–H groups in total. The third kappa shape index (κ3) is 5.24. The molecular formula is C25H33N3O3. The van der Waals surface area contributed by atoms with Crippen LogP contribution in [0.3, 0.4) is 0 Å². The van der Waals surface area contributed by atoms with Gasteiger partial charge in [0.15, 0.2) is 0 Å². The van der Waals surface area contributed by atoms with Crippen molar-refractivity contribution >= 4 is 17.3 Å². The first kappa shape index (κ1) is 22.8. The van der Waals surface area contributed by atoms with Crippen molar-refractivity contribution in [2.75, 3.05) is 25.0 Å². The van der Waals surface area contributed by atoms with Crippen LogP contribution in [-0.2, 0) is 0 Å². The maximum atomic E-state index is 12.3. The molecule has 1 unspecified atom stereocenters. The second kappa shape index (κ2) is 10.4. The van der Waals surface area contributed by atoms with E-state index in [9.17, 15) is 14.9 Å². The fraction of sp³-hybridized carbons (Fsp3) is 0.480. The molecule has 6 heteroatoms. The highest BCUT2D eigenvalue weighted by molar-refractivity contribution is 5.95. The number of nitro benzene ring substituents is 1. The molecule has 0 radical (unpaired) electrons. The van der Waals surface area contributed by atoms with Gasteiger partial charge in [-0.1, -0.05) is 57.4 Å². The highest BCUT2D eigenvalue weighted by Gasteiger charge is 2.26. The molecular weight excluding hydrogens is 390 g/mol. The molecule has 0 aliphatic carbocycles. The average Bonchev–Trinajstić information content (AvgIpc) is 2.81. The lowest BCUT2D eigenvalue weighted by atomic mass is 9.88. The van der Waals surface area contributed by atoms with Crippen LogP contribution in [0.15, 0.2) is 42.5 Å². The lowest BCUT2D eigenvalue weighted by molar-refractivity contribution is -0.384. The van der Waals surface area contributed by atoms with Crippen LogP contribution >= 0.6 is 0 Å². The summed E-state index contributed by atoms with van der Waals surface area (Å²) in [6, 6.07) is 13.0. The topological polar surface area (TPSA) is 75.5 Å². The van der Waals surface area contributed by atoms with E-state index in [0.29, 0.717) is 11.3 Å². The van der Waals surface area contributed by atoms with Gasteiger partial charge in [-0.25, -0.2) is 0 Å². The van der Waals surface area contributed by atoms with E-state index in [-0.39, 0.29) is 22.4 Å². The van der Waals surface area contributed by atoms with Gasteiger partial charge in [0.1, 0.15) is 5.69 Å². The van der Waals surface area contributed by atoms with Gasteiger partial charge >= 0.3 is 0 Å². The van der Waals surface area contributed by atoms with Crippen molar-refractivity contribution in [1.29, 1.82) is 0 Å². The predicted molar refractivity (Wildman–Crippen MR) is 125 cm³/mol. The summed E-state index contributed by atoms with van der Waals surface area (Å²) in [6.07, 6.45) is 5.92. The van der Waals surface area contributed by atoms with Crippen LogP contribution in [0.4, 0.5) is 11.4 Å². The van der Waals surface area contributed by atoms with Gasteiger partial charge < -0.3 is 10.2 Å². The highest BCUT2D eigenvalue weighted by atomic mass is 16.6. The van der Waals surface area contributed by atoms with Crippen molar-refractivity contribution in [3.63, 3.8) is 0 Å². The smallest absolute Gasteiger partial charge is 0.292 e. The number of unbranched alkanes of at least 4 members (excludes halogenated alkanes) is 1. The molecule has 0 aromatic heterocycles. The Hall–Kier alpha value is -2.89. The minimum atomic E-state index is -0.278. The number of hydrogen-bond donors (Lipinski definition) is 1. The van der Waals surface area contributed by atoms with E-state index in [1.54, 1.807) is 19.2 Å². The molecule has 2 aromatic carbocycles. The van der Waals surface area contributed by atoms with Crippen LogP contribution in [0.2, 0.25) is 0 Å². The minimum absolute atomic E-state index is 0.138. The second-order valence-corrected chi connectivity index (χ2v) is 8.47. The first-order chi connectivity index (χ1) is 15.0. The fourth-order valence-corrected chi connectivity index (χ4v) is 4.57. The molecule has 1 fully saturated rings. The van der Waals surface area contributed by atoms with E-state index < -0.39 is 0 Å². The van der Waals surface area contributed by atoms with E-state index in [1.807, 2.05) is 37.3 Å². The van der Waals surface area contributed by atoms with E-state index in [4.69, 9.17) is 0 Å². The lowest BCUT2D eigenvalue weighted by Gasteiger charge is -2.33. The SMILES string of the molecule is CCCCC1CCN(c2ccc(C(C)c3ccccc3C(=O)NC)cc2[N+](=O)[O-])CC1. The maximum Gasteiger partial charge on any atom is 0.292 e. The number of piperidine rings is 1. The van der Waals surface area contributed by atoms with Gasteiger partial charge in [0.05, 0.1) is 4.92 Å². The summed E-state index contributed by atoms with van der Waals surface area (Å²) >= 11 is 0. The van der Waals surface area contributed by atoms with Crippen LogP contribution in [0.25, 0.3) is 0 Å². The zero-order valence-electron chi connectivity index (χ0n) is 18.8. The van der Waals surface area contributed by atoms with Crippen LogP contribution in [0.5, 0.6) is 0 Å². The molecule has 1 heterocycles. The number of benzene rings is 2. The van der Waals surface area contributed by atoms with Gasteiger partial charge in [-0.15, -0.1) is 0 Å². The summed E-state index contributed by atoms with van der Waals surface area (Å²) in [7, 11) is 1.61. The van der Waals surface area contributed by atoms with Crippen molar-refractivity contribution in [1.82, 2.24) is 5.32 Å². The summed E-state index contributed by atoms with van der Waals surface area (Å²) in [5.74, 6) is 0.441. The summed E-state index contributed by atoms with van der Waals surface area (Å²) in [5, 5.41) is 14.6. The Balaban J connectivity index is 1.85. The zero-order chi connectivity index (χ0) is 22.4. The van der Waals surface area contributed by atoms with Gasteiger partial charge in [-0.2, -0.15) is 0 Å². The van der Waals surface area contributed by atoms with Crippen LogP contribution in [-0.4, -0.2) is 31.0 Å². The Kier molecular flexibility index (Phi) is 7.66. The number of rotatable bonds is 8. The number of nitrogens with one attached hydrogen (secondary N) is 1. The standard InChI is InChI=1S/C25H33N3O3/c1-4-5-8-19-13-15-27(16-14-19)23-12-11-20(17-24(23)28(30)31)18(2)21-9-6-7-10-22(21)25(29)26-3/h6-7,9-12,17-19H,4-5,8,13-16H2,1-3H3,(H,26,29). The molecule has 2 aromatic rings. The van der Waals surface area contributed by atoms with Gasteiger partial charge in [0.25, 0.3) is 11.6 Å². The van der Waals surface area contributed by atoms with E-state index in [2.05, 4.69) is 17.1 Å². The molecule has 0 spiro atoms. The minimum Gasteiger partial charge on any atom is -0.366 e. The molecule has 1 saturated heterocycles. The molecule has 1 aliphatic heterocycles. The number of carbonyl (C=O) groups is 1. The van der Waals surface area contributed by atoms with Crippen LogP contribution in [0.1, 0.15) is 73.4 Å². The Labute approximate surface area is 184 Å². The first-order valence-electron chi connectivity index (χ1n) is 11.3. The summed E-state index contributed by atoms with van der Waals surface area (Å²) in [5.41, 5.74) is 3.15. The predicted octanol–water partition coefficient (Wildman–Crippen LogP) is 5.51. The molecule has 3 rings (SSSR count). The molecule has 166 valence electrons. The Morgan fingerprint density at radius 3 is 2.58 bits per heavy atom. The molecule has 1 aliphatic rings. The number of nitro groups is 1. The molecule has 31 heavy (non-hydrogen) atoms. The van der Waals surface area contributed by atoms with E-state index in [1.165, 1.54) is 19.3 Å². The van der Waals surface area contributed by atoms with Gasteiger partial charge in [-0.05, 0) is 42.0 Å². The van der Waals surface area contributed by atoms with E-state index in [0.717, 1.165) is 43.0 Å². The van der Waals surface area contributed by atoms with Crippen molar-refractivity contribution in [3.8, 4) is 0 Å². The van der Waals surface area contributed by atoms with Crippen molar-refractivity contribution in [2.45, 2.75) is 51.9 Å². The van der Waals surface area contributed by atoms with Crippen molar-refractivity contribution in [2.24, 2.45) is 5.92 Å². The average molecular weight is 424 g/mol. The fourth-order valence-electron chi connectivity index (χ4n) is 4.57. The van der Waals surface area contributed by atoms with E-state index >= 15 is 0 Å². The lowest BCUT2D eigenvalue weighted by Crippen LogP contribution is -2.34. The highest BCUT2D eigenvalue weighted by Crippen LogP contribution is 2.36. The number of anilines is 1. The quantitative estimate of drug-likeness (QED) is 0.448. The Morgan fingerprint density at radius 1 is 1.23 bits per heavy atom. The first-order valence-corrected chi connectivity index (χ1v) is 11.3. The number of hydrogen-bond acceptors (Lipinski definition) is 4. The largest absolute Gasteiger partial charge is 0.366 e. The maximum absolute atomic E-state index is 12.3.